The smallest absolute Gasteiger partial charge is 0.0277 e. The van der Waals surface area contributed by atoms with E-state index >= 15 is 0 Å². The summed E-state index contributed by atoms with van der Waals surface area (Å²) >= 11 is 0. The first-order chi connectivity index (χ1) is 8.42. The highest BCUT2D eigenvalue weighted by Crippen LogP contribution is 2.18. The van der Waals surface area contributed by atoms with Crippen molar-refractivity contribution in [3.63, 3.8) is 0 Å². The summed E-state index contributed by atoms with van der Waals surface area (Å²) in [5.74, 6) is 0. The molecule has 1 saturated heterocycles. The molecule has 18 heavy (non-hydrogen) atoms. The molecule has 1 aliphatic rings. The van der Waals surface area contributed by atoms with Crippen LogP contribution in [0.15, 0.2) is 0 Å². The predicted molar refractivity (Wildman–Crippen MR) is 80.1 cm³/mol. The zero-order valence-corrected chi connectivity index (χ0v) is 13.1. The van der Waals surface area contributed by atoms with Crippen LogP contribution in [-0.4, -0.2) is 61.2 Å². The van der Waals surface area contributed by atoms with Gasteiger partial charge in [0.2, 0.25) is 0 Å². The number of unbranched alkanes of at least 4 members (excludes halogenated alkanes) is 2. The summed E-state index contributed by atoms with van der Waals surface area (Å²) in [4.78, 5) is 5.12. The highest BCUT2D eigenvalue weighted by atomic mass is 15.3. The van der Waals surface area contributed by atoms with Gasteiger partial charge in [0.05, 0.1) is 0 Å². The molecule has 0 bridgehead atoms. The molecular weight excluding hydrogens is 222 g/mol. The van der Waals surface area contributed by atoms with Crippen LogP contribution in [0.4, 0.5) is 0 Å². The number of hydrogen-bond donors (Lipinski definition) is 1. The molecule has 3 heteroatoms. The van der Waals surface area contributed by atoms with Crippen LogP contribution in [0.25, 0.3) is 0 Å². The maximum Gasteiger partial charge on any atom is 0.0277 e. The third-order valence-electron chi connectivity index (χ3n) is 4.10. The van der Waals surface area contributed by atoms with Crippen molar-refractivity contribution in [2.75, 3.05) is 39.8 Å². The molecule has 0 aliphatic carbocycles. The zero-order chi connectivity index (χ0) is 13.6. The minimum absolute atomic E-state index is 0.345. The van der Waals surface area contributed by atoms with E-state index < -0.39 is 0 Å². The fourth-order valence-electron chi connectivity index (χ4n) is 2.56. The summed E-state index contributed by atoms with van der Waals surface area (Å²) in [6.45, 7) is 15.3. The quantitative estimate of drug-likeness (QED) is 0.704. The van der Waals surface area contributed by atoms with Crippen LogP contribution < -0.4 is 5.32 Å². The van der Waals surface area contributed by atoms with Crippen LogP contribution in [0.3, 0.4) is 0 Å². The fourth-order valence-corrected chi connectivity index (χ4v) is 2.56. The van der Waals surface area contributed by atoms with E-state index in [1.165, 1.54) is 52.0 Å². The van der Waals surface area contributed by atoms with E-state index in [-0.39, 0.29) is 0 Å². The van der Waals surface area contributed by atoms with Gasteiger partial charge in [-0.15, -0.1) is 0 Å². The largest absolute Gasteiger partial charge is 0.315 e. The van der Waals surface area contributed by atoms with Crippen LogP contribution in [-0.2, 0) is 0 Å². The van der Waals surface area contributed by atoms with Gasteiger partial charge in [-0.05, 0) is 46.8 Å². The van der Waals surface area contributed by atoms with Crippen LogP contribution in [0.5, 0.6) is 0 Å². The van der Waals surface area contributed by atoms with Crippen molar-refractivity contribution in [3.05, 3.63) is 0 Å². The average Bonchev–Trinajstić information content (AvgIpc) is 2.27. The van der Waals surface area contributed by atoms with E-state index in [9.17, 15) is 0 Å². The topological polar surface area (TPSA) is 18.5 Å². The number of nitrogens with zero attached hydrogens (tertiary/aromatic N) is 2. The molecule has 0 atom stereocenters. The average molecular weight is 255 g/mol. The number of hydrogen-bond acceptors (Lipinski definition) is 3. The number of piperazine rings is 1. The Balaban J connectivity index is 2.06. The van der Waals surface area contributed by atoms with Gasteiger partial charge in [-0.1, -0.05) is 20.3 Å². The summed E-state index contributed by atoms with van der Waals surface area (Å²) in [5.41, 5.74) is 0.345. The van der Waals surface area contributed by atoms with Crippen LogP contribution in [0, 0.1) is 0 Å². The van der Waals surface area contributed by atoms with Gasteiger partial charge >= 0.3 is 0 Å². The molecule has 0 radical (unpaired) electrons. The minimum Gasteiger partial charge on any atom is -0.315 e. The Labute approximate surface area is 114 Å². The molecule has 0 aromatic rings. The summed E-state index contributed by atoms with van der Waals surface area (Å²) in [6, 6.07) is 0.628. The predicted octanol–water partition coefficient (Wildman–Crippen LogP) is 2.18. The van der Waals surface area contributed by atoms with Gasteiger partial charge < -0.3 is 10.2 Å². The maximum absolute atomic E-state index is 3.48. The Hall–Kier alpha value is -0.120. The number of likely N-dealkylation sites (N-methyl/N-ethyl adjacent to an activating group) is 1. The Bertz CT molecular complexity index is 226. The maximum atomic E-state index is 3.48. The first-order valence-electron chi connectivity index (χ1n) is 7.59. The molecule has 1 rings (SSSR count). The van der Waals surface area contributed by atoms with Crippen molar-refractivity contribution in [2.24, 2.45) is 0 Å². The van der Waals surface area contributed by atoms with E-state index in [4.69, 9.17) is 0 Å². The second kappa shape index (κ2) is 7.46. The molecule has 0 aromatic carbocycles. The molecule has 0 saturated carbocycles. The molecule has 1 fully saturated rings. The van der Waals surface area contributed by atoms with E-state index in [1.54, 1.807) is 0 Å². The first-order valence-corrected chi connectivity index (χ1v) is 7.59. The first kappa shape index (κ1) is 15.9. The molecule has 1 heterocycles. The second-order valence-corrected chi connectivity index (χ2v) is 6.68. The molecule has 0 unspecified atom stereocenters. The lowest BCUT2D eigenvalue weighted by atomic mass is 9.99. The minimum atomic E-state index is 0.345. The van der Waals surface area contributed by atoms with E-state index in [0.717, 1.165) is 0 Å². The Morgan fingerprint density at radius 1 is 1.11 bits per heavy atom. The van der Waals surface area contributed by atoms with Crippen molar-refractivity contribution < 1.29 is 0 Å². The zero-order valence-electron chi connectivity index (χ0n) is 13.1. The van der Waals surface area contributed by atoms with E-state index in [1.807, 2.05) is 0 Å². The van der Waals surface area contributed by atoms with Gasteiger partial charge in [0, 0.05) is 31.2 Å². The summed E-state index contributed by atoms with van der Waals surface area (Å²) in [5, 5.41) is 3.48. The highest BCUT2D eigenvalue weighted by molar-refractivity contribution is 4.87. The Morgan fingerprint density at radius 3 is 2.44 bits per heavy atom. The van der Waals surface area contributed by atoms with Crippen molar-refractivity contribution in [3.8, 4) is 0 Å². The molecular formula is C15H33N3. The molecule has 1 N–H and O–H groups in total. The van der Waals surface area contributed by atoms with Crippen LogP contribution in [0.2, 0.25) is 0 Å². The van der Waals surface area contributed by atoms with E-state index in [2.05, 4.69) is 49.9 Å². The number of nitrogens with one attached hydrogen (secondary N) is 1. The molecule has 0 aromatic heterocycles. The van der Waals surface area contributed by atoms with Crippen LogP contribution in [0.1, 0.15) is 47.0 Å². The third-order valence-corrected chi connectivity index (χ3v) is 4.10. The van der Waals surface area contributed by atoms with Crippen molar-refractivity contribution in [1.82, 2.24) is 15.1 Å². The normalized spacial score (nSPS) is 21.7. The van der Waals surface area contributed by atoms with Crippen molar-refractivity contribution >= 4 is 0 Å². The third kappa shape index (κ3) is 5.68. The monoisotopic (exact) mass is 255 g/mol. The van der Waals surface area contributed by atoms with Gasteiger partial charge in [-0.25, -0.2) is 0 Å². The second-order valence-electron chi connectivity index (χ2n) is 6.68. The van der Waals surface area contributed by atoms with Gasteiger partial charge in [-0.3, -0.25) is 4.90 Å². The van der Waals surface area contributed by atoms with Gasteiger partial charge in [0.15, 0.2) is 0 Å². The molecule has 108 valence electrons. The lowest BCUT2D eigenvalue weighted by Crippen LogP contribution is -2.57. The van der Waals surface area contributed by atoms with Gasteiger partial charge in [0.25, 0.3) is 0 Å². The molecule has 3 nitrogen and oxygen atoms in total. The SMILES string of the molecule is CC(C)NCCCCCN1CCN(C)C(C)(C)C1. The highest BCUT2D eigenvalue weighted by Gasteiger charge is 2.30. The van der Waals surface area contributed by atoms with E-state index in [0.29, 0.717) is 11.6 Å². The molecule has 0 spiro atoms. The number of rotatable bonds is 7. The summed E-state index contributed by atoms with van der Waals surface area (Å²) < 4.78 is 0. The van der Waals surface area contributed by atoms with Crippen LogP contribution >= 0.6 is 0 Å². The Kier molecular flexibility index (Phi) is 6.61. The standard InChI is InChI=1S/C15H33N3/c1-14(2)16-9-7-6-8-10-18-12-11-17(5)15(3,4)13-18/h14,16H,6-13H2,1-5H3. The van der Waals surface area contributed by atoms with Gasteiger partial charge in [0.1, 0.15) is 0 Å². The summed E-state index contributed by atoms with van der Waals surface area (Å²) in [7, 11) is 2.24. The Morgan fingerprint density at radius 2 is 1.83 bits per heavy atom. The molecule has 1 aliphatic heterocycles. The van der Waals surface area contributed by atoms with Crippen molar-refractivity contribution in [1.29, 1.82) is 0 Å². The fraction of sp³-hybridized carbons (Fsp3) is 1.00. The molecule has 0 amide bonds. The lowest BCUT2D eigenvalue weighted by molar-refractivity contribution is 0.0393. The van der Waals surface area contributed by atoms with Crippen molar-refractivity contribution in [2.45, 2.75) is 58.5 Å². The van der Waals surface area contributed by atoms with Gasteiger partial charge in [-0.2, -0.15) is 0 Å². The lowest BCUT2D eigenvalue weighted by Gasteiger charge is -2.45. The summed E-state index contributed by atoms with van der Waals surface area (Å²) in [6.07, 6.45) is 4.02.